The van der Waals surface area contributed by atoms with Gasteiger partial charge < -0.3 is 10.1 Å². The van der Waals surface area contributed by atoms with Crippen molar-refractivity contribution in [1.29, 1.82) is 0 Å². The quantitative estimate of drug-likeness (QED) is 0.793. The summed E-state index contributed by atoms with van der Waals surface area (Å²) in [6.45, 7) is 2.75. The van der Waals surface area contributed by atoms with Gasteiger partial charge >= 0.3 is 0 Å². The van der Waals surface area contributed by atoms with Crippen molar-refractivity contribution in [3.63, 3.8) is 0 Å². The average Bonchev–Trinajstić information content (AvgIpc) is 2.47. The van der Waals surface area contributed by atoms with Crippen LogP contribution in [-0.2, 0) is 14.8 Å². The summed E-state index contributed by atoms with van der Waals surface area (Å²) in [6, 6.07) is 6.72. The van der Waals surface area contributed by atoms with Crippen LogP contribution in [0.3, 0.4) is 0 Å². The van der Waals surface area contributed by atoms with Crippen LogP contribution in [0, 0.1) is 5.41 Å². The van der Waals surface area contributed by atoms with Gasteiger partial charge in [-0.25, -0.2) is 13.1 Å². The maximum atomic E-state index is 12.4. The summed E-state index contributed by atoms with van der Waals surface area (Å²) in [4.78, 5) is 0.276. The largest absolute Gasteiger partial charge is 0.384 e. The van der Waals surface area contributed by atoms with Gasteiger partial charge in [-0.15, -0.1) is 0 Å². The molecule has 1 fully saturated rings. The van der Waals surface area contributed by atoms with Crippen LogP contribution in [0.25, 0.3) is 0 Å². The van der Waals surface area contributed by atoms with Gasteiger partial charge in [-0.2, -0.15) is 0 Å². The smallest absolute Gasteiger partial charge is 0.240 e. The minimum atomic E-state index is -3.49. The zero-order valence-corrected chi connectivity index (χ0v) is 14.5. The Bertz CT molecular complexity index is 566. The molecule has 1 aromatic rings. The van der Waals surface area contributed by atoms with E-state index in [4.69, 9.17) is 4.74 Å². The van der Waals surface area contributed by atoms with E-state index in [1.165, 1.54) is 0 Å². The van der Waals surface area contributed by atoms with Crippen LogP contribution in [-0.4, -0.2) is 41.8 Å². The van der Waals surface area contributed by atoms with Crippen LogP contribution >= 0.6 is 15.9 Å². The van der Waals surface area contributed by atoms with Crippen molar-refractivity contribution in [2.45, 2.75) is 17.7 Å². The number of hydrogen-bond donors (Lipinski definition) is 2. The van der Waals surface area contributed by atoms with Gasteiger partial charge in [0.2, 0.25) is 10.0 Å². The Morgan fingerprint density at radius 3 is 2.71 bits per heavy atom. The molecule has 1 aliphatic rings. The minimum absolute atomic E-state index is 0.126. The van der Waals surface area contributed by atoms with E-state index in [1.54, 1.807) is 31.4 Å². The molecule has 7 heteroatoms. The molecule has 1 saturated heterocycles. The van der Waals surface area contributed by atoms with E-state index in [-0.39, 0.29) is 10.3 Å². The standard InChI is InChI=1S/C14H21BrN2O3S/c1-20-11-14(5-7-16-8-6-14)10-17-21(18,19)13-4-2-3-12(15)9-13/h2-4,9,16-17H,5-8,10-11H2,1H3. The highest BCUT2D eigenvalue weighted by Crippen LogP contribution is 2.29. The third-order valence-corrected chi connectivity index (χ3v) is 5.75. The Morgan fingerprint density at radius 2 is 2.10 bits per heavy atom. The van der Waals surface area contributed by atoms with Crippen LogP contribution in [0.5, 0.6) is 0 Å². The Balaban J connectivity index is 2.09. The molecule has 2 rings (SSSR count). The molecular weight excluding hydrogens is 356 g/mol. The van der Waals surface area contributed by atoms with E-state index in [2.05, 4.69) is 26.0 Å². The fourth-order valence-electron chi connectivity index (χ4n) is 2.60. The van der Waals surface area contributed by atoms with Crippen LogP contribution in [0.4, 0.5) is 0 Å². The molecule has 1 aromatic carbocycles. The number of halogens is 1. The van der Waals surface area contributed by atoms with Crippen molar-refractivity contribution >= 4 is 26.0 Å². The second-order valence-corrected chi connectivity index (χ2v) is 8.15. The highest BCUT2D eigenvalue weighted by Gasteiger charge is 2.33. The van der Waals surface area contributed by atoms with Crippen molar-refractivity contribution in [2.75, 3.05) is 33.4 Å². The normalized spacial score (nSPS) is 18.6. The highest BCUT2D eigenvalue weighted by atomic mass is 79.9. The lowest BCUT2D eigenvalue weighted by molar-refractivity contribution is 0.0577. The molecule has 21 heavy (non-hydrogen) atoms. The summed E-state index contributed by atoms with van der Waals surface area (Å²) in [6.07, 6.45) is 1.81. The topological polar surface area (TPSA) is 67.4 Å². The van der Waals surface area contributed by atoms with Crippen LogP contribution in [0.15, 0.2) is 33.6 Å². The predicted octanol–water partition coefficient (Wildman–Crippen LogP) is 1.74. The molecular formula is C14H21BrN2O3S. The summed E-state index contributed by atoms with van der Waals surface area (Å²) in [5.74, 6) is 0. The number of hydrogen-bond acceptors (Lipinski definition) is 4. The monoisotopic (exact) mass is 376 g/mol. The molecule has 0 amide bonds. The van der Waals surface area contributed by atoms with Gasteiger partial charge in [-0.1, -0.05) is 22.0 Å². The third-order valence-electron chi connectivity index (χ3n) is 3.86. The Kier molecular flexibility index (Phi) is 5.79. The van der Waals surface area contributed by atoms with Gasteiger partial charge in [0.1, 0.15) is 0 Å². The third kappa shape index (κ3) is 4.50. The van der Waals surface area contributed by atoms with E-state index >= 15 is 0 Å². The second-order valence-electron chi connectivity index (χ2n) is 5.46. The molecule has 0 aromatic heterocycles. The molecule has 0 radical (unpaired) electrons. The van der Waals surface area contributed by atoms with Crippen LogP contribution in [0.1, 0.15) is 12.8 Å². The molecule has 2 N–H and O–H groups in total. The lowest BCUT2D eigenvalue weighted by atomic mass is 9.80. The molecule has 1 heterocycles. The first kappa shape index (κ1) is 16.9. The Morgan fingerprint density at radius 1 is 1.38 bits per heavy atom. The van der Waals surface area contributed by atoms with E-state index in [1.807, 2.05) is 0 Å². The first-order chi connectivity index (χ1) is 9.97. The van der Waals surface area contributed by atoms with E-state index < -0.39 is 10.0 Å². The molecule has 0 atom stereocenters. The van der Waals surface area contributed by atoms with Gasteiger partial charge in [-0.05, 0) is 44.1 Å². The van der Waals surface area contributed by atoms with Gasteiger partial charge in [0.25, 0.3) is 0 Å². The zero-order chi connectivity index (χ0) is 15.3. The van der Waals surface area contributed by atoms with Crippen molar-refractivity contribution in [1.82, 2.24) is 10.0 Å². The van der Waals surface area contributed by atoms with Crippen LogP contribution < -0.4 is 10.0 Å². The van der Waals surface area contributed by atoms with E-state index in [9.17, 15) is 8.42 Å². The summed E-state index contributed by atoms with van der Waals surface area (Å²) < 4.78 is 33.6. The number of benzene rings is 1. The molecule has 1 aliphatic heterocycles. The Hall–Kier alpha value is -0.470. The summed E-state index contributed by atoms with van der Waals surface area (Å²) in [5, 5.41) is 3.30. The summed E-state index contributed by atoms with van der Waals surface area (Å²) >= 11 is 3.30. The summed E-state index contributed by atoms with van der Waals surface area (Å²) in [7, 11) is -1.84. The molecule has 0 unspecified atom stereocenters. The second kappa shape index (κ2) is 7.19. The minimum Gasteiger partial charge on any atom is -0.384 e. The maximum absolute atomic E-state index is 12.4. The molecule has 0 spiro atoms. The summed E-state index contributed by atoms with van der Waals surface area (Å²) in [5.41, 5.74) is -0.126. The fraction of sp³-hybridized carbons (Fsp3) is 0.571. The molecule has 0 saturated carbocycles. The number of sulfonamides is 1. The number of methoxy groups -OCH3 is 1. The zero-order valence-electron chi connectivity index (χ0n) is 12.1. The van der Waals surface area contributed by atoms with Crippen molar-refractivity contribution in [3.8, 4) is 0 Å². The van der Waals surface area contributed by atoms with Gasteiger partial charge in [0, 0.05) is 23.5 Å². The molecule has 0 aliphatic carbocycles. The van der Waals surface area contributed by atoms with E-state index in [0.717, 1.165) is 30.4 Å². The SMILES string of the molecule is COCC1(CNS(=O)(=O)c2cccc(Br)c2)CCNCC1. The Labute approximate surface area is 134 Å². The molecule has 118 valence electrons. The van der Waals surface area contributed by atoms with Gasteiger partial charge in [0.15, 0.2) is 0 Å². The number of piperidine rings is 1. The van der Waals surface area contributed by atoms with Crippen molar-refractivity contribution in [2.24, 2.45) is 5.41 Å². The maximum Gasteiger partial charge on any atom is 0.240 e. The molecule has 5 nitrogen and oxygen atoms in total. The average molecular weight is 377 g/mol. The van der Waals surface area contributed by atoms with Crippen LogP contribution in [0.2, 0.25) is 0 Å². The highest BCUT2D eigenvalue weighted by molar-refractivity contribution is 9.10. The lowest BCUT2D eigenvalue weighted by Gasteiger charge is -2.37. The van der Waals surface area contributed by atoms with E-state index in [0.29, 0.717) is 13.2 Å². The molecule has 0 bridgehead atoms. The van der Waals surface area contributed by atoms with Crippen molar-refractivity contribution in [3.05, 3.63) is 28.7 Å². The first-order valence-electron chi connectivity index (χ1n) is 6.92. The fourth-order valence-corrected chi connectivity index (χ4v) is 4.35. The predicted molar refractivity (Wildman–Crippen MR) is 85.7 cm³/mol. The number of nitrogens with one attached hydrogen (secondary N) is 2. The van der Waals surface area contributed by atoms with Crippen molar-refractivity contribution < 1.29 is 13.2 Å². The van der Waals surface area contributed by atoms with Gasteiger partial charge in [-0.3, -0.25) is 0 Å². The number of rotatable bonds is 6. The lowest BCUT2D eigenvalue weighted by Crippen LogP contribution is -2.47. The van der Waals surface area contributed by atoms with Gasteiger partial charge in [0.05, 0.1) is 11.5 Å². The number of ether oxygens (including phenoxy) is 1. The first-order valence-corrected chi connectivity index (χ1v) is 9.20.